The highest BCUT2D eigenvalue weighted by Crippen LogP contribution is 2.23. The van der Waals surface area contributed by atoms with Gasteiger partial charge in [0.1, 0.15) is 12.1 Å². The fraction of sp³-hybridized carbons (Fsp3) is 0.286. The van der Waals surface area contributed by atoms with Gasteiger partial charge in [-0.25, -0.2) is 0 Å². The number of nitrogens with zero attached hydrogens (tertiary/aromatic N) is 1. The molecule has 21 heavy (non-hydrogen) atoms. The van der Waals surface area contributed by atoms with E-state index in [9.17, 15) is 9.59 Å². The fourth-order valence-corrected chi connectivity index (χ4v) is 2.07. The molecule has 0 saturated heterocycles. The Morgan fingerprint density at radius 1 is 1.38 bits per heavy atom. The maximum absolute atomic E-state index is 12.3. The lowest BCUT2D eigenvalue weighted by Gasteiger charge is -2.18. The maximum Gasteiger partial charge on any atom is 0.323 e. The van der Waals surface area contributed by atoms with Gasteiger partial charge in [0.05, 0.1) is 6.61 Å². The quantitative estimate of drug-likeness (QED) is 0.885. The topological polar surface area (TPSA) is 80.0 Å². The highest BCUT2D eigenvalue weighted by Gasteiger charge is 2.21. The summed E-state index contributed by atoms with van der Waals surface area (Å²) in [5.74, 6) is -1.52. The number of fused-ring (bicyclic) bond motifs is 1. The third-order valence-electron chi connectivity index (χ3n) is 2.87. The molecule has 0 saturated carbocycles. The average Bonchev–Trinajstić information content (AvgIpc) is 2.85. The second-order valence-electron chi connectivity index (χ2n) is 4.41. The van der Waals surface area contributed by atoms with Crippen molar-refractivity contribution in [2.24, 2.45) is 0 Å². The van der Waals surface area contributed by atoms with Crippen LogP contribution in [-0.2, 0) is 9.53 Å². The molecule has 1 amide bonds. The normalized spacial score (nSPS) is 10.8. The molecule has 7 heteroatoms. The van der Waals surface area contributed by atoms with E-state index in [1.165, 1.54) is 7.11 Å². The number of hydrogen-bond acceptors (Lipinski definition) is 4. The number of rotatable bonds is 6. The van der Waals surface area contributed by atoms with Crippen molar-refractivity contribution < 1.29 is 23.8 Å². The number of benzene rings is 1. The number of furan rings is 1. The number of ether oxygens (including phenoxy) is 1. The summed E-state index contributed by atoms with van der Waals surface area (Å²) in [6.07, 6.45) is 0. The van der Waals surface area contributed by atoms with Crippen LogP contribution in [0.5, 0.6) is 0 Å². The number of aliphatic carboxylic acids is 1. The molecule has 0 fully saturated rings. The molecule has 0 spiro atoms. The molecule has 0 aliphatic rings. The van der Waals surface area contributed by atoms with E-state index in [1.54, 1.807) is 24.3 Å². The molecule has 0 atom stereocenters. The number of carboxylic acids is 1. The minimum absolute atomic E-state index is 0.0737. The summed E-state index contributed by atoms with van der Waals surface area (Å²) >= 11 is 5.88. The fourth-order valence-electron chi connectivity index (χ4n) is 1.89. The van der Waals surface area contributed by atoms with Crippen LogP contribution >= 0.6 is 11.6 Å². The largest absolute Gasteiger partial charge is 0.480 e. The van der Waals surface area contributed by atoms with Crippen LogP contribution in [0, 0.1) is 0 Å². The Bertz CT molecular complexity index is 666. The van der Waals surface area contributed by atoms with Crippen molar-refractivity contribution in [3.8, 4) is 0 Å². The van der Waals surface area contributed by atoms with Gasteiger partial charge >= 0.3 is 5.97 Å². The van der Waals surface area contributed by atoms with E-state index in [-0.39, 0.29) is 18.9 Å². The van der Waals surface area contributed by atoms with E-state index >= 15 is 0 Å². The zero-order valence-corrected chi connectivity index (χ0v) is 12.1. The van der Waals surface area contributed by atoms with Crippen LogP contribution in [0.4, 0.5) is 0 Å². The van der Waals surface area contributed by atoms with Gasteiger partial charge in [-0.15, -0.1) is 0 Å². The first-order chi connectivity index (χ1) is 10.0. The van der Waals surface area contributed by atoms with E-state index in [2.05, 4.69) is 0 Å². The summed E-state index contributed by atoms with van der Waals surface area (Å²) in [6, 6.07) is 6.53. The van der Waals surface area contributed by atoms with Crippen LogP contribution in [0.2, 0.25) is 5.02 Å². The van der Waals surface area contributed by atoms with Crippen LogP contribution < -0.4 is 0 Å². The molecule has 1 N–H and O–H groups in total. The monoisotopic (exact) mass is 311 g/mol. The summed E-state index contributed by atoms with van der Waals surface area (Å²) in [6.45, 7) is -0.00942. The molecule has 1 heterocycles. The lowest BCUT2D eigenvalue weighted by molar-refractivity contribution is -0.137. The van der Waals surface area contributed by atoms with Gasteiger partial charge in [-0.3, -0.25) is 9.59 Å². The first kappa shape index (κ1) is 15.3. The Morgan fingerprint density at radius 3 is 2.81 bits per heavy atom. The van der Waals surface area contributed by atoms with Gasteiger partial charge in [0.2, 0.25) is 0 Å². The van der Waals surface area contributed by atoms with E-state index in [4.69, 9.17) is 25.9 Å². The molecule has 2 aromatic rings. The first-order valence-corrected chi connectivity index (χ1v) is 6.58. The lowest BCUT2D eigenvalue weighted by atomic mass is 10.2. The molecule has 6 nitrogen and oxygen atoms in total. The Kier molecular flexibility index (Phi) is 4.82. The Hall–Kier alpha value is -2.05. The van der Waals surface area contributed by atoms with Crippen LogP contribution in [0.1, 0.15) is 10.6 Å². The average molecular weight is 312 g/mol. The molecular weight excluding hydrogens is 298 g/mol. The minimum Gasteiger partial charge on any atom is -0.480 e. The summed E-state index contributed by atoms with van der Waals surface area (Å²) in [5.41, 5.74) is 0.518. The maximum atomic E-state index is 12.3. The van der Waals surface area contributed by atoms with Crippen molar-refractivity contribution in [1.82, 2.24) is 4.90 Å². The summed E-state index contributed by atoms with van der Waals surface area (Å²) in [5, 5.41) is 10.1. The number of carboxylic acid groups (broad SMARTS) is 1. The van der Waals surface area contributed by atoms with Crippen LogP contribution in [0.3, 0.4) is 0 Å². The van der Waals surface area contributed by atoms with E-state index in [0.717, 1.165) is 4.90 Å². The summed E-state index contributed by atoms with van der Waals surface area (Å²) < 4.78 is 10.3. The zero-order chi connectivity index (χ0) is 15.4. The number of hydrogen-bond donors (Lipinski definition) is 1. The second-order valence-corrected chi connectivity index (χ2v) is 4.84. The smallest absolute Gasteiger partial charge is 0.323 e. The van der Waals surface area contributed by atoms with Gasteiger partial charge in [-0.1, -0.05) is 11.6 Å². The minimum atomic E-state index is -1.10. The predicted octanol–water partition coefficient (Wildman–Crippen LogP) is 2.26. The van der Waals surface area contributed by atoms with Crippen molar-refractivity contribution in [3.05, 3.63) is 35.0 Å². The van der Waals surface area contributed by atoms with Gasteiger partial charge in [-0.05, 0) is 24.3 Å². The van der Waals surface area contributed by atoms with E-state index in [0.29, 0.717) is 16.0 Å². The third kappa shape index (κ3) is 3.74. The Balaban J connectivity index is 2.26. The van der Waals surface area contributed by atoms with Crippen LogP contribution in [0.25, 0.3) is 11.0 Å². The first-order valence-electron chi connectivity index (χ1n) is 6.20. The molecular formula is C14H14ClNO5. The van der Waals surface area contributed by atoms with Crippen molar-refractivity contribution in [3.63, 3.8) is 0 Å². The van der Waals surface area contributed by atoms with E-state index < -0.39 is 18.4 Å². The molecule has 0 aliphatic carbocycles. The van der Waals surface area contributed by atoms with Gasteiger partial charge in [0.15, 0.2) is 5.76 Å². The molecule has 1 aromatic carbocycles. The van der Waals surface area contributed by atoms with Gasteiger partial charge < -0.3 is 19.2 Å². The Labute approximate surface area is 125 Å². The van der Waals surface area contributed by atoms with E-state index in [1.807, 2.05) is 0 Å². The number of halogens is 1. The number of methoxy groups -OCH3 is 1. The number of carbonyl (C=O) groups excluding carboxylic acids is 1. The standard InChI is InChI=1S/C14H14ClNO5/c1-20-5-4-16(8-13(17)18)14(19)12-7-9-6-10(15)2-3-11(9)21-12/h2-3,6-7H,4-5,8H2,1H3,(H,17,18). The molecule has 0 bridgehead atoms. The highest BCUT2D eigenvalue weighted by atomic mass is 35.5. The van der Waals surface area contributed by atoms with Crippen molar-refractivity contribution in [2.45, 2.75) is 0 Å². The lowest BCUT2D eigenvalue weighted by Crippen LogP contribution is -2.37. The molecule has 0 unspecified atom stereocenters. The van der Waals surface area contributed by atoms with Gasteiger partial charge in [0, 0.05) is 24.1 Å². The highest BCUT2D eigenvalue weighted by molar-refractivity contribution is 6.31. The SMILES string of the molecule is COCCN(CC(=O)O)C(=O)c1cc2cc(Cl)ccc2o1. The van der Waals surface area contributed by atoms with Crippen molar-refractivity contribution >= 4 is 34.4 Å². The molecule has 2 rings (SSSR count). The Morgan fingerprint density at radius 2 is 2.14 bits per heavy atom. The molecule has 112 valence electrons. The molecule has 0 aliphatic heterocycles. The summed E-state index contributed by atoms with van der Waals surface area (Å²) in [4.78, 5) is 24.3. The number of carbonyl (C=O) groups is 2. The van der Waals surface area contributed by atoms with Gasteiger partial charge in [0.25, 0.3) is 5.91 Å². The van der Waals surface area contributed by atoms with Crippen LogP contribution in [0.15, 0.2) is 28.7 Å². The van der Waals surface area contributed by atoms with Crippen LogP contribution in [-0.4, -0.2) is 48.7 Å². The van der Waals surface area contributed by atoms with Gasteiger partial charge in [-0.2, -0.15) is 0 Å². The second kappa shape index (κ2) is 6.60. The van der Waals surface area contributed by atoms with Crippen molar-refractivity contribution in [1.29, 1.82) is 0 Å². The van der Waals surface area contributed by atoms with Crippen molar-refractivity contribution in [2.75, 3.05) is 26.8 Å². The predicted molar refractivity (Wildman–Crippen MR) is 76.6 cm³/mol. The molecule has 0 radical (unpaired) electrons. The number of amides is 1. The third-order valence-corrected chi connectivity index (χ3v) is 3.10. The summed E-state index contributed by atoms with van der Waals surface area (Å²) in [7, 11) is 1.48. The molecule has 1 aromatic heterocycles. The zero-order valence-electron chi connectivity index (χ0n) is 11.3.